The SMILES string of the molecule is C[C@@H](OC(=O)CNC(=O)/C=C/c1ccccc1)C(=O)Nc1sccc1C#N. The Morgan fingerprint density at radius 3 is 2.70 bits per heavy atom. The van der Waals surface area contributed by atoms with Crippen LogP contribution in [0.15, 0.2) is 47.9 Å². The third kappa shape index (κ3) is 6.41. The number of rotatable bonds is 7. The van der Waals surface area contributed by atoms with E-state index in [9.17, 15) is 14.4 Å². The zero-order valence-electron chi connectivity index (χ0n) is 14.5. The molecular formula is C19H17N3O4S. The lowest BCUT2D eigenvalue weighted by Crippen LogP contribution is -2.35. The summed E-state index contributed by atoms with van der Waals surface area (Å²) in [7, 11) is 0. The number of hydrogen-bond acceptors (Lipinski definition) is 6. The van der Waals surface area contributed by atoms with E-state index in [-0.39, 0.29) is 6.54 Å². The van der Waals surface area contributed by atoms with Crippen molar-refractivity contribution in [1.29, 1.82) is 5.26 Å². The zero-order valence-corrected chi connectivity index (χ0v) is 15.3. The molecule has 1 atom stereocenters. The third-order valence-corrected chi connectivity index (χ3v) is 4.16. The van der Waals surface area contributed by atoms with Gasteiger partial charge in [-0.3, -0.25) is 14.4 Å². The van der Waals surface area contributed by atoms with E-state index in [4.69, 9.17) is 10.00 Å². The molecule has 0 saturated heterocycles. The first-order valence-electron chi connectivity index (χ1n) is 7.98. The summed E-state index contributed by atoms with van der Waals surface area (Å²) >= 11 is 1.20. The van der Waals surface area contributed by atoms with Gasteiger partial charge in [0.05, 0.1) is 5.56 Å². The van der Waals surface area contributed by atoms with E-state index in [0.29, 0.717) is 10.6 Å². The maximum atomic E-state index is 12.0. The fourth-order valence-corrected chi connectivity index (χ4v) is 2.69. The molecule has 2 N–H and O–H groups in total. The summed E-state index contributed by atoms with van der Waals surface area (Å²) in [5, 5.41) is 15.9. The van der Waals surface area contributed by atoms with Crippen LogP contribution in [0.1, 0.15) is 18.1 Å². The number of anilines is 1. The third-order valence-electron chi connectivity index (χ3n) is 3.33. The molecule has 2 aromatic rings. The first kappa shape index (κ1) is 19.9. The van der Waals surface area contributed by atoms with Gasteiger partial charge in [-0.05, 0) is 30.0 Å². The molecule has 8 heteroatoms. The number of hydrogen-bond donors (Lipinski definition) is 2. The summed E-state index contributed by atoms with van der Waals surface area (Å²) < 4.78 is 4.98. The van der Waals surface area contributed by atoms with Crippen LogP contribution in [0.2, 0.25) is 0 Å². The van der Waals surface area contributed by atoms with Crippen LogP contribution in [0, 0.1) is 11.3 Å². The number of carbonyl (C=O) groups excluding carboxylic acids is 3. The van der Waals surface area contributed by atoms with Crippen LogP contribution in [-0.4, -0.2) is 30.4 Å². The minimum atomic E-state index is -1.07. The van der Waals surface area contributed by atoms with Crippen LogP contribution < -0.4 is 10.6 Å². The van der Waals surface area contributed by atoms with Crippen molar-refractivity contribution < 1.29 is 19.1 Å². The molecule has 0 aliphatic heterocycles. The number of thiophene rings is 1. The predicted octanol–water partition coefficient (Wildman–Crippen LogP) is 2.32. The Morgan fingerprint density at radius 2 is 2.00 bits per heavy atom. The van der Waals surface area contributed by atoms with Gasteiger partial charge in [0.2, 0.25) is 5.91 Å². The van der Waals surface area contributed by atoms with Crippen molar-refractivity contribution in [3.05, 3.63) is 59.0 Å². The fourth-order valence-electron chi connectivity index (χ4n) is 1.95. The van der Waals surface area contributed by atoms with Gasteiger partial charge < -0.3 is 15.4 Å². The van der Waals surface area contributed by atoms with Crippen molar-refractivity contribution in [3.8, 4) is 6.07 Å². The number of nitriles is 1. The molecule has 0 aliphatic rings. The minimum absolute atomic E-state index is 0.337. The lowest BCUT2D eigenvalue weighted by atomic mass is 10.2. The smallest absolute Gasteiger partial charge is 0.326 e. The molecule has 7 nitrogen and oxygen atoms in total. The molecule has 0 bridgehead atoms. The van der Waals surface area contributed by atoms with Gasteiger partial charge in [0.25, 0.3) is 5.91 Å². The van der Waals surface area contributed by atoms with Crippen molar-refractivity contribution in [2.24, 2.45) is 0 Å². The van der Waals surface area contributed by atoms with Crippen molar-refractivity contribution in [2.45, 2.75) is 13.0 Å². The Bertz CT molecular complexity index is 884. The average molecular weight is 383 g/mol. The van der Waals surface area contributed by atoms with Crippen molar-refractivity contribution in [3.63, 3.8) is 0 Å². The molecule has 1 heterocycles. The molecule has 0 radical (unpaired) electrons. The van der Waals surface area contributed by atoms with Crippen LogP contribution in [0.25, 0.3) is 6.08 Å². The number of nitrogens with zero attached hydrogens (tertiary/aromatic N) is 1. The summed E-state index contributed by atoms with van der Waals surface area (Å²) in [4.78, 5) is 35.5. The first-order valence-corrected chi connectivity index (χ1v) is 8.86. The minimum Gasteiger partial charge on any atom is -0.451 e. The van der Waals surface area contributed by atoms with E-state index < -0.39 is 23.9 Å². The second kappa shape index (κ2) is 9.89. The Labute approximate surface area is 160 Å². The molecule has 0 fully saturated rings. The first-order chi connectivity index (χ1) is 13.0. The van der Waals surface area contributed by atoms with Crippen molar-refractivity contribution in [2.75, 3.05) is 11.9 Å². The zero-order chi connectivity index (χ0) is 19.6. The number of amides is 2. The van der Waals surface area contributed by atoms with Gasteiger partial charge >= 0.3 is 5.97 Å². The van der Waals surface area contributed by atoms with Gasteiger partial charge in [-0.25, -0.2) is 0 Å². The normalized spacial score (nSPS) is 11.4. The van der Waals surface area contributed by atoms with Crippen LogP contribution >= 0.6 is 11.3 Å². The molecule has 138 valence electrons. The highest BCUT2D eigenvalue weighted by Gasteiger charge is 2.19. The molecule has 0 aliphatic carbocycles. The number of carbonyl (C=O) groups is 3. The molecule has 1 aromatic carbocycles. The Morgan fingerprint density at radius 1 is 1.26 bits per heavy atom. The van der Waals surface area contributed by atoms with Crippen LogP contribution in [0.4, 0.5) is 5.00 Å². The predicted molar refractivity (Wildman–Crippen MR) is 102 cm³/mol. The molecule has 0 unspecified atom stereocenters. The topological polar surface area (TPSA) is 108 Å². The van der Waals surface area contributed by atoms with E-state index in [2.05, 4.69) is 10.6 Å². The Kier molecular flexibility index (Phi) is 7.28. The highest BCUT2D eigenvalue weighted by Crippen LogP contribution is 2.22. The van der Waals surface area contributed by atoms with Crippen molar-refractivity contribution >= 4 is 40.2 Å². The molecule has 27 heavy (non-hydrogen) atoms. The molecule has 1 aromatic heterocycles. The summed E-state index contributed by atoms with van der Waals surface area (Å²) in [5.74, 6) is -1.76. The fraction of sp³-hybridized carbons (Fsp3) is 0.158. The van der Waals surface area contributed by atoms with Gasteiger partial charge in [0.1, 0.15) is 17.6 Å². The van der Waals surface area contributed by atoms with Gasteiger partial charge in [0, 0.05) is 6.08 Å². The lowest BCUT2D eigenvalue weighted by molar-refractivity contribution is -0.152. The molecule has 2 amide bonds. The Balaban J connectivity index is 1.76. The van der Waals surface area contributed by atoms with E-state index in [1.54, 1.807) is 17.5 Å². The molecule has 0 saturated carbocycles. The highest BCUT2D eigenvalue weighted by atomic mass is 32.1. The number of nitrogens with one attached hydrogen (secondary N) is 2. The summed E-state index contributed by atoms with van der Waals surface area (Å²) in [6, 6.07) is 12.8. The maximum Gasteiger partial charge on any atom is 0.326 e. The van der Waals surface area contributed by atoms with Crippen molar-refractivity contribution in [1.82, 2.24) is 5.32 Å². The number of ether oxygens (including phenoxy) is 1. The van der Waals surface area contributed by atoms with Gasteiger partial charge in [-0.15, -0.1) is 11.3 Å². The number of esters is 1. The number of benzene rings is 1. The largest absolute Gasteiger partial charge is 0.451 e. The van der Waals surface area contributed by atoms with E-state index in [1.807, 2.05) is 36.4 Å². The van der Waals surface area contributed by atoms with Crippen LogP contribution in [0.5, 0.6) is 0 Å². The molecular weight excluding hydrogens is 366 g/mol. The van der Waals surface area contributed by atoms with Gasteiger partial charge in [-0.2, -0.15) is 5.26 Å². The van der Waals surface area contributed by atoms with Crippen LogP contribution in [0.3, 0.4) is 0 Å². The van der Waals surface area contributed by atoms with E-state index >= 15 is 0 Å². The lowest BCUT2D eigenvalue weighted by Gasteiger charge is -2.13. The van der Waals surface area contributed by atoms with Gasteiger partial charge in [0.15, 0.2) is 6.10 Å². The van der Waals surface area contributed by atoms with Crippen LogP contribution in [-0.2, 0) is 19.1 Å². The van der Waals surface area contributed by atoms with Gasteiger partial charge in [-0.1, -0.05) is 30.3 Å². The average Bonchev–Trinajstić information content (AvgIpc) is 3.12. The molecule has 2 rings (SSSR count). The second-order valence-electron chi connectivity index (χ2n) is 5.36. The summed E-state index contributed by atoms with van der Waals surface area (Å²) in [6.45, 7) is 1.04. The quantitative estimate of drug-likeness (QED) is 0.563. The van der Waals surface area contributed by atoms with E-state index in [1.165, 1.54) is 24.3 Å². The maximum absolute atomic E-state index is 12.0. The Hall–Kier alpha value is -3.44. The standard InChI is InChI=1S/C19H17N3O4S/c1-13(18(25)22-19-15(11-20)9-10-27-19)26-17(24)12-21-16(23)8-7-14-5-3-2-4-6-14/h2-10,13H,12H2,1H3,(H,21,23)(H,22,25)/b8-7+/t13-/m1/s1. The monoisotopic (exact) mass is 383 g/mol. The second-order valence-corrected chi connectivity index (χ2v) is 6.27. The molecule has 0 spiro atoms. The summed E-state index contributed by atoms with van der Waals surface area (Å²) in [5.41, 5.74) is 1.19. The highest BCUT2D eigenvalue weighted by molar-refractivity contribution is 7.14. The van der Waals surface area contributed by atoms with E-state index in [0.717, 1.165) is 5.56 Å². The summed E-state index contributed by atoms with van der Waals surface area (Å²) in [6.07, 6.45) is 1.85.